The lowest BCUT2D eigenvalue weighted by Crippen LogP contribution is -2.60. The zero-order chi connectivity index (χ0) is 39.2. The molecule has 3 N–H and O–H groups in total. The predicted octanol–water partition coefficient (Wildman–Crippen LogP) is 5.96. The summed E-state index contributed by atoms with van der Waals surface area (Å²) in [7, 11) is 0. The van der Waals surface area contributed by atoms with Crippen LogP contribution in [0.4, 0.5) is 17.6 Å². The van der Waals surface area contributed by atoms with Crippen molar-refractivity contribution in [2.24, 2.45) is 23.7 Å². The number of para-hydroxylation sites is 1. The molecule has 0 bridgehead atoms. The van der Waals surface area contributed by atoms with E-state index in [4.69, 9.17) is 0 Å². The summed E-state index contributed by atoms with van der Waals surface area (Å²) in [5.41, 5.74) is -1.29. The highest BCUT2D eigenvalue weighted by Gasteiger charge is 2.47. The molecule has 0 fully saturated rings. The van der Waals surface area contributed by atoms with Crippen LogP contribution in [0.3, 0.4) is 0 Å². The highest BCUT2D eigenvalue weighted by atomic mass is 19.4. The van der Waals surface area contributed by atoms with Crippen LogP contribution in [-0.2, 0) is 51.2 Å². The number of H-pyrrole nitrogens is 1. The Hall–Kier alpha value is -4.95. The van der Waals surface area contributed by atoms with Gasteiger partial charge >= 0.3 is 6.18 Å². The lowest BCUT2D eigenvalue weighted by Gasteiger charge is -2.39. The van der Waals surface area contributed by atoms with E-state index < -0.39 is 46.6 Å². The molecule has 2 amide bonds. The van der Waals surface area contributed by atoms with Crippen LogP contribution in [0.25, 0.3) is 10.9 Å². The quantitative estimate of drug-likeness (QED) is 0.113. The Labute approximate surface area is 311 Å². The van der Waals surface area contributed by atoms with E-state index >= 15 is 0 Å². The van der Waals surface area contributed by atoms with Crippen LogP contribution in [-0.4, -0.2) is 60.7 Å². The average Bonchev–Trinajstić information content (AvgIpc) is 3.80. The second-order valence-corrected chi connectivity index (χ2v) is 14.5. The first-order chi connectivity index (χ1) is 25.7. The minimum Gasteiger partial charge on any atom is -0.358 e. The second-order valence-electron chi connectivity index (χ2n) is 14.5. The lowest BCUT2D eigenvalue weighted by atomic mass is 9.72. The van der Waals surface area contributed by atoms with Crippen molar-refractivity contribution in [2.45, 2.75) is 97.3 Å². The minimum absolute atomic E-state index is 0.0588. The number of nitrogens with one attached hydrogen (secondary N) is 3. The van der Waals surface area contributed by atoms with Crippen LogP contribution in [0, 0.1) is 29.5 Å². The van der Waals surface area contributed by atoms with Crippen LogP contribution in [0.15, 0.2) is 48.8 Å². The van der Waals surface area contributed by atoms with Crippen LogP contribution in [0.5, 0.6) is 0 Å². The zero-order valence-corrected chi connectivity index (χ0v) is 30.9. The number of aryl methyl sites for hydroxylation is 1. The van der Waals surface area contributed by atoms with Gasteiger partial charge in [-0.25, -0.2) is 9.07 Å². The number of carbonyl (C=O) groups excluding carboxylic acids is 4. The number of ketones is 2. The number of carbonyl (C=O) groups is 4. The normalized spacial score (nSPS) is 18.0. The summed E-state index contributed by atoms with van der Waals surface area (Å²) in [5.74, 6) is -4.41. The van der Waals surface area contributed by atoms with E-state index in [1.165, 1.54) is 35.3 Å². The number of nitrogens with zero attached hydrogens (tertiary/aromatic N) is 4. The number of hydrogen-bond acceptors (Lipinski definition) is 7. The fourth-order valence-electron chi connectivity index (χ4n) is 7.40. The number of amides is 2. The first-order valence-electron chi connectivity index (χ1n) is 18.5. The summed E-state index contributed by atoms with van der Waals surface area (Å²) in [6.07, 6.45) is -2.67. The van der Waals surface area contributed by atoms with Crippen molar-refractivity contribution in [1.29, 1.82) is 0 Å². The molecule has 2 aromatic carbocycles. The molecule has 290 valence electrons. The van der Waals surface area contributed by atoms with E-state index in [-0.39, 0.29) is 79.7 Å². The van der Waals surface area contributed by atoms with Crippen molar-refractivity contribution < 1.29 is 36.7 Å². The van der Waals surface area contributed by atoms with Crippen molar-refractivity contribution in [1.82, 2.24) is 35.8 Å². The van der Waals surface area contributed by atoms with E-state index in [0.29, 0.717) is 36.0 Å². The topological polar surface area (TPSA) is 152 Å². The summed E-state index contributed by atoms with van der Waals surface area (Å²) < 4.78 is 58.1. The first kappa shape index (κ1) is 40.2. The lowest BCUT2D eigenvalue weighted by molar-refractivity contribution is -0.139. The van der Waals surface area contributed by atoms with Crippen molar-refractivity contribution in [3.05, 3.63) is 77.0 Å². The third-order valence-corrected chi connectivity index (χ3v) is 11.1. The molecular formula is C39H47F4N7O4. The highest BCUT2D eigenvalue weighted by molar-refractivity contribution is 5.99. The minimum atomic E-state index is -4.63. The molecule has 5 atom stereocenters. The molecule has 2 aromatic heterocycles. The first-order valence-corrected chi connectivity index (χ1v) is 18.5. The third-order valence-electron chi connectivity index (χ3n) is 11.1. The standard InChI is InChI=1S/C39H47F4N7O4/c1-5-23(3)28(19-26(51)18-25-10-7-8-13-32(25)40)37(54)47-38(15-14-33-30(21-38)27-11-9-12-31(35(27)46-33)39(41,42)43)34(52)20-29(24(4)6-2)36(53)44-16-17-50-22-45-48-49-50/h7-13,22-24,28-29,46H,5-6,14-21H2,1-4H3,(H,44,53)(H,47,54)/t23?,24?,28-,29-,38+/m0/s1. The van der Waals surface area contributed by atoms with Crippen LogP contribution in [0.2, 0.25) is 0 Å². The summed E-state index contributed by atoms with van der Waals surface area (Å²) in [6.45, 7) is 7.96. The fraction of sp³-hybridized carbons (Fsp3) is 0.513. The molecule has 1 aliphatic rings. The van der Waals surface area contributed by atoms with Gasteiger partial charge in [0.1, 0.15) is 23.5 Å². The number of Topliss-reactive ketones (excluding diaryl/α,β-unsaturated/α-hetero) is 2. The van der Waals surface area contributed by atoms with Crippen LogP contribution < -0.4 is 10.6 Å². The van der Waals surface area contributed by atoms with Crippen molar-refractivity contribution in [3.63, 3.8) is 0 Å². The largest absolute Gasteiger partial charge is 0.418 e. The number of rotatable bonds is 17. The Morgan fingerprint density at radius 3 is 2.31 bits per heavy atom. The van der Waals surface area contributed by atoms with Crippen molar-refractivity contribution >= 4 is 34.3 Å². The number of tetrazole rings is 1. The second kappa shape index (κ2) is 17.0. The van der Waals surface area contributed by atoms with Gasteiger partial charge in [0.25, 0.3) is 0 Å². The number of aromatic nitrogens is 5. The number of fused-ring (bicyclic) bond motifs is 3. The number of alkyl halides is 3. The molecular weight excluding hydrogens is 706 g/mol. The van der Waals surface area contributed by atoms with Crippen LogP contribution in [0.1, 0.15) is 82.2 Å². The van der Waals surface area contributed by atoms with E-state index in [9.17, 15) is 36.7 Å². The van der Waals surface area contributed by atoms with Gasteiger partial charge in [-0.1, -0.05) is 70.9 Å². The molecule has 11 nitrogen and oxygen atoms in total. The monoisotopic (exact) mass is 753 g/mol. The van der Waals surface area contributed by atoms with Gasteiger partial charge in [-0.2, -0.15) is 13.2 Å². The molecule has 0 saturated heterocycles. The molecule has 54 heavy (non-hydrogen) atoms. The Kier molecular flexibility index (Phi) is 12.7. The van der Waals surface area contributed by atoms with Gasteiger partial charge in [0.15, 0.2) is 5.78 Å². The summed E-state index contributed by atoms with van der Waals surface area (Å²) >= 11 is 0. The molecule has 2 heterocycles. The molecule has 15 heteroatoms. The number of hydrogen-bond donors (Lipinski definition) is 3. The summed E-state index contributed by atoms with van der Waals surface area (Å²) in [4.78, 5) is 59.1. The molecule has 0 aliphatic heterocycles. The van der Waals surface area contributed by atoms with Gasteiger partial charge in [0.2, 0.25) is 11.8 Å². The average molecular weight is 754 g/mol. The highest BCUT2D eigenvalue weighted by Crippen LogP contribution is 2.41. The number of halogens is 4. The van der Waals surface area contributed by atoms with Gasteiger partial charge in [0.05, 0.1) is 17.6 Å². The van der Waals surface area contributed by atoms with Gasteiger partial charge in [-0.05, 0) is 58.4 Å². The maximum absolute atomic E-state index is 14.8. The SMILES string of the molecule is CCC(C)[C@H](CC(=O)[C@@]1(NC(=O)[C@@H](CC(=O)Cc2ccccc2F)C(C)CC)CCc2[nH]c3c(C(F)(F)F)cccc3c2C1)C(=O)NCCn1cnnn1. The number of benzene rings is 2. The molecule has 4 aromatic rings. The van der Waals surface area contributed by atoms with Gasteiger partial charge in [-0.15, -0.1) is 5.10 Å². The van der Waals surface area contributed by atoms with Crippen LogP contribution >= 0.6 is 0 Å². The fourth-order valence-corrected chi connectivity index (χ4v) is 7.40. The summed E-state index contributed by atoms with van der Waals surface area (Å²) in [6, 6.07) is 9.79. The van der Waals surface area contributed by atoms with E-state index in [0.717, 1.165) is 6.07 Å². The number of aromatic amines is 1. The van der Waals surface area contributed by atoms with E-state index in [1.807, 2.05) is 27.7 Å². The smallest absolute Gasteiger partial charge is 0.358 e. The van der Waals surface area contributed by atoms with Gasteiger partial charge in [0, 0.05) is 55.1 Å². The molecule has 1 aliphatic carbocycles. The van der Waals surface area contributed by atoms with Crippen molar-refractivity contribution in [2.75, 3.05) is 6.54 Å². The molecule has 0 radical (unpaired) electrons. The maximum atomic E-state index is 14.8. The Bertz CT molecular complexity index is 1960. The molecule has 2 unspecified atom stereocenters. The molecule has 0 saturated carbocycles. The third kappa shape index (κ3) is 9.04. The molecule has 0 spiro atoms. The van der Waals surface area contributed by atoms with E-state index in [2.05, 4.69) is 31.1 Å². The Balaban J connectivity index is 1.47. The zero-order valence-electron chi connectivity index (χ0n) is 30.9. The van der Waals surface area contributed by atoms with Gasteiger partial charge < -0.3 is 15.6 Å². The summed E-state index contributed by atoms with van der Waals surface area (Å²) in [5, 5.41) is 17.1. The Morgan fingerprint density at radius 1 is 0.963 bits per heavy atom. The predicted molar refractivity (Wildman–Crippen MR) is 192 cm³/mol. The van der Waals surface area contributed by atoms with E-state index in [1.54, 1.807) is 12.1 Å². The van der Waals surface area contributed by atoms with Gasteiger partial charge in [-0.3, -0.25) is 19.2 Å². The Morgan fingerprint density at radius 2 is 1.67 bits per heavy atom. The maximum Gasteiger partial charge on any atom is 0.418 e. The molecule has 5 rings (SSSR count). The van der Waals surface area contributed by atoms with Crippen molar-refractivity contribution in [3.8, 4) is 0 Å².